The number of carbonyl (C=O) groups is 1. The molecule has 3 rings (SSSR count). The number of hydrogen-bond acceptors (Lipinski definition) is 3. The number of nitrogens with zero attached hydrogens (tertiary/aromatic N) is 2. The Morgan fingerprint density at radius 2 is 1.92 bits per heavy atom. The summed E-state index contributed by atoms with van der Waals surface area (Å²) < 4.78 is 21.4. The largest absolute Gasteiger partial charge is 0.484 e. The van der Waals surface area contributed by atoms with Crippen molar-refractivity contribution in [3.63, 3.8) is 0 Å². The summed E-state index contributed by atoms with van der Waals surface area (Å²) in [6, 6.07) is 14.7. The van der Waals surface area contributed by atoms with E-state index < -0.39 is 11.9 Å². The molecule has 0 saturated heterocycles. The van der Waals surface area contributed by atoms with Crippen LogP contribution in [0.3, 0.4) is 0 Å². The van der Waals surface area contributed by atoms with E-state index in [4.69, 9.17) is 4.74 Å². The smallest absolute Gasteiger partial charge is 0.258 e. The molecule has 2 aromatic carbocycles. The lowest BCUT2D eigenvalue weighted by Crippen LogP contribution is -2.35. The van der Waals surface area contributed by atoms with Crippen LogP contribution in [0.15, 0.2) is 67.0 Å². The molecule has 1 amide bonds. The van der Waals surface area contributed by atoms with Crippen LogP contribution in [-0.2, 0) is 11.8 Å². The van der Waals surface area contributed by atoms with E-state index in [1.165, 1.54) is 6.07 Å². The maximum absolute atomic E-state index is 14.2. The first-order valence-corrected chi connectivity index (χ1v) is 7.84. The number of imidazole rings is 1. The fraction of sp³-hybridized carbons (Fsp3) is 0.158. The molecule has 0 aliphatic heterocycles. The summed E-state index contributed by atoms with van der Waals surface area (Å²) >= 11 is 0. The first kappa shape index (κ1) is 16.7. The first-order valence-electron chi connectivity index (χ1n) is 7.84. The first-order chi connectivity index (χ1) is 12.1. The number of hydrogen-bond donors (Lipinski definition) is 1. The molecule has 0 saturated carbocycles. The Balaban J connectivity index is 1.77. The van der Waals surface area contributed by atoms with Crippen molar-refractivity contribution < 1.29 is 13.9 Å². The summed E-state index contributed by atoms with van der Waals surface area (Å²) in [5, 5.41) is 2.80. The Bertz CT molecular complexity index is 849. The summed E-state index contributed by atoms with van der Waals surface area (Å²) in [5.41, 5.74) is 0.352. The highest BCUT2D eigenvalue weighted by molar-refractivity contribution is 5.78. The number of aromatic nitrogens is 2. The molecule has 0 aliphatic carbocycles. The average Bonchev–Trinajstić information content (AvgIpc) is 3.05. The van der Waals surface area contributed by atoms with Crippen LogP contribution in [0.5, 0.6) is 5.75 Å². The predicted octanol–water partition coefficient (Wildman–Crippen LogP) is 2.84. The van der Waals surface area contributed by atoms with Gasteiger partial charge in [0.15, 0.2) is 6.61 Å². The molecule has 128 valence electrons. The Morgan fingerprint density at radius 3 is 2.60 bits per heavy atom. The zero-order chi connectivity index (χ0) is 17.6. The number of amides is 1. The van der Waals surface area contributed by atoms with Crippen LogP contribution in [0, 0.1) is 5.82 Å². The second-order valence-electron chi connectivity index (χ2n) is 5.52. The molecule has 6 heteroatoms. The monoisotopic (exact) mass is 339 g/mol. The lowest BCUT2D eigenvalue weighted by Gasteiger charge is -2.19. The second kappa shape index (κ2) is 7.61. The summed E-state index contributed by atoms with van der Waals surface area (Å²) in [7, 11) is 1.79. The highest BCUT2D eigenvalue weighted by atomic mass is 19.1. The van der Waals surface area contributed by atoms with Gasteiger partial charge in [0, 0.05) is 25.0 Å². The molecular weight excluding hydrogens is 321 g/mol. The molecule has 1 atom stereocenters. The average molecular weight is 339 g/mol. The highest BCUT2D eigenvalue weighted by Crippen LogP contribution is 2.23. The number of benzene rings is 2. The van der Waals surface area contributed by atoms with Gasteiger partial charge >= 0.3 is 0 Å². The number of nitrogens with one attached hydrogen (secondary N) is 1. The van der Waals surface area contributed by atoms with Crippen LogP contribution in [0.25, 0.3) is 0 Å². The SMILES string of the molecule is Cn1ccnc1[C@H](NC(=O)COc1ccccc1)c1ccccc1F. The van der Waals surface area contributed by atoms with Crippen LogP contribution < -0.4 is 10.1 Å². The van der Waals surface area contributed by atoms with Crippen LogP contribution in [0.1, 0.15) is 17.4 Å². The fourth-order valence-electron chi connectivity index (χ4n) is 2.51. The summed E-state index contributed by atoms with van der Waals surface area (Å²) in [6.45, 7) is -0.167. The fourth-order valence-corrected chi connectivity index (χ4v) is 2.51. The Labute approximate surface area is 145 Å². The molecule has 1 N–H and O–H groups in total. The van der Waals surface area contributed by atoms with Crippen molar-refractivity contribution in [1.29, 1.82) is 0 Å². The molecule has 3 aromatic rings. The number of ether oxygens (including phenoxy) is 1. The van der Waals surface area contributed by atoms with Crippen LogP contribution in [0.2, 0.25) is 0 Å². The van der Waals surface area contributed by atoms with Gasteiger partial charge in [0.1, 0.15) is 23.4 Å². The van der Waals surface area contributed by atoms with Crippen molar-refractivity contribution in [2.24, 2.45) is 7.05 Å². The molecular formula is C19H18FN3O2. The predicted molar refractivity (Wildman–Crippen MR) is 91.5 cm³/mol. The van der Waals surface area contributed by atoms with Gasteiger partial charge in [-0.25, -0.2) is 9.37 Å². The molecule has 1 heterocycles. The lowest BCUT2D eigenvalue weighted by molar-refractivity contribution is -0.123. The number of halogens is 1. The quantitative estimate of drug-likeness (QED) is 0.751. The van der Waals surface area contributed by atoms with Gasteiger partial charge in [0.05, 0.1) is 0 Å². The van der Waals surface area contributed by atoms with E-state index >= 15 is 0 Å². The third-order valence-corrected chi connectivity index (χ3v) is 3.75. The van der Waals surface area contributed by atoms with Gasteiger partial charge in [-0.1, -0.05) is 36.4 Å². The maximum atomic E-state index is 14.2. The van der Waals surface area contributed by atoms with Crippen molar-refractivity contribution in [2.75, 3.05) is 6.61 Å². The topological polar surface area (TPSA) is 56.2 Å². The second-order valence-corrected chi connectivity index (χ2v) is 5.52. The molecule has 0 fully saturated rings. The zero-order valence-corrected chi connectivity index (χ0v) is 13.7. The molecule has 0 bridgehead atoms. The third-order valence-electron chi connectivity index (χ3n) is 3.75. The van der Waals surface area contributed by atoms with Crippen molar-refractivity contribution in [1.82, 2.24) is 14.9 Å². The molecule has 0 spiro atoms. The molecule has 25 heavy (non-hydrogen) atoms. The lowest BCUT2D eigenvalue weighted by atomic mass is 10.1. The number of para-hydroxylation sites is 1. The number of aryl methyl sites for hydroxylation is 1. The molecule has 5 nitrogen and oxygen atoms in total. The van der Waals surface area contributed by atoms with Crippen molar-refractivity contribution in [3.8, 4) is 5.75 Å². The van der Waals surface area contributed by atoms with E-state index in [2.05, 4.69) is 10.3 Å². The summed E-state index contributed by atoms with van der Waals surface area (Å²) in [4.78, 5) is 16.6. The van der Waals surface area contributed by atoms with Crippen molar-refractivity contribution >= 4 is 5.91 Å². The summed E-state index contributed by atoms with van der Waals surface area (Å²) in [5.74, 6) is 0.370. The normalized spacial score (nSPS) is 11.8. The van der Waals surface area contributed by atoms with Gasteiger partial charge in [0.2, 0.25) is 0 Å². The van der Waals surface area contributed by atoms with E-state index in [9.17, 15) is 9.18 Å². The molecule has 1 aromatic heterocycles. The van der Waals surface area contributed by atoms with Crippen LogP contribution >= 0.6 is 0 Å². The third kappa shape index (κ3) is 4.03. The van der Waals surface area contributed by atoms with Gasteiger partial charge in [-0.05, 0) is 18.2 Å². The van der Waals surface area contributed by atoms with Gasteiger partial charge in [-0.2, -0.15) is 0 Å². The molecule has 0 unspecified atom stereocenters. The highest BCUT2D eigenvalue weighted by Gasteiger charge is 2.23. The minimum absolute atomic E-state index is 0.167. The van der Waals surface area contributed by atoms with E-state index in [-0.39, 0.29) is 12.5 Å². The maximum Gasteiger partial charge on any atom is 0.258 e. The minimum atomic E-state index is -0.701. The van der Waals surface area contributed by atoms with E-state index in [1.54, 1.807) is 54.3 Å². The molecule has 0 radical (unpaired) electrons. The Hall–Kier alpha value is -3.15. The van der Waals surface area contributed by atoms with Gasteiger partial charge in [-0.15, -0.1) is 0 Å². The van der Waals surface area contributed by atoms with Gasteiger partial charge < -0.3 is 14.6 Å². The van der Waals surface area contributed by atoms with E-state index in [1.807, 2.05) is 18.2 Å². The van der Waals surface area contributed by atoms with Gasteiger partial charge in [-0.3, -0.25) is 4.79 Å². The van der Waals surface area contributed by atoms with E-state index in [0.29, 0.717) is 17.1 Å². The Morgan fingerprint density at radius 1 is 1.20 bits per heavy atom. The number of carbonyl (C=O) groups excluding carboxylic acids is 1. The summed E-state index contributed by atoms with van der Waals surface area (Å²) in [6.07, 6.45) is 3.35. The van der Waals surface area contributed by atoms with Crippen molar-refractivity contribution in [2.45, 2.75) is 6.04 Å². The molecule has 0 aliphatic rings. The van der Waals surface area contributed by atoms with Crippen LogP contribution in [0.4, 0.5) is 4.39 Å². The van der Waals surface area contributed by atoms with Crippen LogP contribution in [-0.4, -0.2) is 22.1 Å². The number of rotatable bonds is 6. The van der Waals surface area contributed by atoms with E-state index in [0.717, 1.165) is 0 Å². The zero-order valence-electron chi connectivity index (χ0n) is 13.7. The van der Waals surface area contributed by atoms with Crippen molar-refractivity contribution in [3.05, 3.63) is 84.2 Å². The standard InChI is InChI=1S/C19H18FN3O2/c1-23-12-11-21-19(23)18(15-9-5-6-10-16(15)20)22-17(24)13-25-14-7-3-2-4-8-14/h2-12,18H,13H2,1H3,(H,22,24)/t18-/m1/s1. The van der Waals surface area contributed by atoms with Gasteiger partial charge in [0.25, 0.3) is 5.91 Å². The Kier molecular flexibility index (Phi) is 5.09. The minimum Gasteiger partial charge on any atom is -0.484 e.